The van der Waals surface area contributed by atoms with Crippen molar-refractivity contribution in [1.82, 2.24) is 0 Å². The quantitative estimate of drug-likeness (QED) is 0.511. The fourth-order valence-corrected chi connectivity index (χ4v) is 3.71. The second-order valence-corrected chi connectivity index (χ2v) is 7.82. The first-order chi connectivity index (χ1) is 7.95. The molecule has 1 aliphatic carbocycles. The van der Waals surface area contributed by atoms with Gasteiger partial charge in [0.2, 0.25) is 0 Å². The topological polar surface area (TPSA) is 9.23 Å². The molecule has 0 bridgehead atoms. The molecule has 0 aromatic carbocycles. The van der Waals surface area contributed by atoms with E-state index in [1.54, 1.807) is 7.11 Å². The molecule has 0 saturated heterocycles. The van der Waals surface area contributed by atoms with Crippen LogP contribution in [-0.2, 0) is 4.74 Å². The summed E-state index contributed by atoms with van der Waals surface area (Å²) in [6.45, 7) is 8.11. The van der Waals surface area contributed by atoms with Gasteiger partial charge in [-0.1, -0.05) is 43.1 Å². The Labute approximate surface area is 116 Å². The molecule has 0 amide bonds. The number of rotatable bonds is 5. The molecule has 1 rings (SSSR count). The molecule has 0 aromatic rings. The number of unbranched alkanes of at least 4 members (excludes halogenated alkanes) is 1. The summed E-state index contributed by atoms with van der Waals surface area (Å²) < 4.78 is 5.12. The largest absolute Gasteiger partial charge is 0.385 e. The summed E-state index contributed by atoms with van der Waals surface area (Å²) in [5.41, 5.74) is 0.484. The van der Waals surface area contributed by atoms with Crippen molar-refractivity contribution >= 4 is 15.9 Å². The van der Waals surface area contributed by atoms with Crippen molar-refractivity contribution in [3.8, 4) is 0 Å². The van der Waals surface area contributed by atoms with Gasteiger partial charge in [-0.05, 0) is 49.4 Å². The van der Waals surface area contributed by atoms with Gasteiger partial charge in [-0.25, -0.2) is 0 Å². The van der Waals surface area contributed by atoms with Gasteiger partial charge in [0.05, 0.1) is 0 Å². The van der Waals surface area contributed by atoms with Gasteiger partial charge in [-0.3, -0.25) is 0 Å². The van der Waals surface area contributed by atoms with Crippen LogP contribution in [0.15, 0.2) is 0 Å². The lowest BCUT2D eigenvalue weighted by Crippen LogP contribution is -2.32. The van der Waals surface area contributed by atoms with Crippen molar-refractivity contribution in [3.05, 3.63) is 0 Å². The highest BCUT2D eigenvalue weighted by Crippen LogP contribution is 2.43. The molecule has 102 valence electrons. The van der Waals surface area contributed by atoms with Crippen LogP contribution in [0.2, 0.25) is 0 Å². The zero-order valence-electron chi connectivity index (χ0n) is 12.0. The minimum atomic E-state index is 0.484. The predicted molar refractivity (Wildman–Crippen MR) is 78.7 cm³/mol. The summed E-state index contributed by atoms with van der Waals surface area (Å²) in [4.78, 5) is 0.753. The zero-order chi connectivity index (χ0) is 12.9. The third kappa shape index (κ3) is 5.30. The Morgan fingerprint density at radius 3 is 2.47 bits per heavy atom. The van der Waals surface area contributed by atoms with E-state index >= 15 is 0 Å². The van der Waals surface area contributed by atoms with E-state index in [4.69, 9.17) is 4.74 Å². The monoisotopic (exact) mass is 304 g/mol. The summed E-state index contributed by atoms with van der Waals surface area (Å²) in [6.07, 6.45) is 8.06. The highest BCUT2D eigenvalue weighted by Gasteiger charge is 2.34. The van der Waals surface area contributed by atoms with E-state index in [0.717, 1.165) is 23.3 Å². The van der Waals surface area contributed by atoms with E-state index in [0.29, 0.717) is 5.41 Å². The van der Waals surface area contributed by atoms with E-state index in [1.807, 2.05) is 0 Å². The van der Waals surface area contributed by atoms with E-state index in [1.165, 1.54) is 38.5 Å². The highest BCUT2D eigenvalue weighted by molar-refractivity contribution is 9.09. The van der Waals surface area contributed by atoms with Gasteiger partial charge in [0.1, 0.15) is 0 Å². The van der Waals surface area contributed by atoms with E-state index < -0.39 is 0 Å². The van der Waals surface area contributed by atoms with Crippen LogP contribution >= 0.6 is 15.9 Å². The van der Waals surface area contributed by atoms with Crippen LogP contribution in [0.3, 0.4) is 0 Å². The van der Waals surface area contributed by atoms with Gasteiger partial charge < -0.3 is 4.74 Å². The number of hydrogen-bond acceptors (Lipinski definition) is 1. The first-order valence-corrected chi connectivity index (χ1v) is 7.99. The smallest absolute Gasteiger partial charge is 0.0462 e. The van der Waals surface area contributed by atoms with Crippen molar-refractivity contribution in [3.63, 3.8) is 0 Å². The molecule has 1 fully saturated rings. The molecule has 17 heavy (non-hydrogen) atoms. The third-order valence-electron chi connectivity index (χ3n) is 4.29. The Balaban J connectivity index is 2.36. The molecule has 2 heteroatoms. The average Bonchev–Trinajstić information content (AvgIpc) is 2.25. The molecule has 0 heterocycles. The van der Waals surface area contributed by atoms with Crippen LogP contribution in [0.1, 0.15) is 59.3 Å². The third-order valence-corrected chi connectivity index (χ3v) is 5.49. The molecule has 3 atom stereocenters. The molecule has 0 spiro atoms. The van der Waals surface area contributed by atoms with Gasteiger partial charge in [0.15, 0.2) is 0 Å². The van der Waals surface area contributed by atoms with Gasteiger partial charge in [-0.15, -0.1) is 0 Å². The number of hydrogen-bond donors (Lipinski definition) is 0. The van der Waals surface area contributed by atoms with E-state index in [2.05, 4.69) is 36.7 Å². The summed E-state index contributed by atoms with van der Waals surface area (Å²) in [5.74, 6) is 1.79. The molecule has 1 saturated carbocycles. The van der Waals surface area contributed by atoms with E-state index in [-0.39, 0.29) is 0 Å². The molecule has 1 aliphatic rings. The van der Waals surface area contributed by atoms with Crippen LogP contribution in [0.25, 0.3) is 0 Å². The van der Waals surface area contributed by atoms with Crippen LogP contribution < -0.4 is 0 Å². The highest BCUT2D eigenvalue weighted by atomic mass is 79.9. The zero-order valence-corrected chi connectivity index (χ0v) is 13.6. The second kappa shape index (κ2) is 7.13. The maximum Gasteiger partial charge on any atom is 0.0462 e. The van der Waals surface area contributed by atoms with Crippen LogP contribution in [0.5, 0.6) is 0 Å². The van der Waals surface area contributed by atoms with Gasteiger partial charge in [0.25, 0.3) is 0 Å². The fraction of sp³-hybridized carbons (Fsp3) is 1.00. The lowest BCUT2D eigenvalue weighted by atomic mass is 9.68. The van der Waals surface area contributed by atoms with Crippen molar-refractivity contribution in [2.45, 2.75) is 64.1 Å². The summed E-state index contributed by atoms with van der Waals surface area (Å²) in [7, 11) is 1.80. The lowest BCUT2D eigenvalue weighted by Gasteiger charge is -2.40. The standard InChI is InChI=1S/C15H29BrO/c1-15(2,3)13-8-9-14(16)12(11-13)7-5-6-10-17-4/h12-14H,5-11H2,1-4H3. The lowest BCUT2D eigenvalue weighted by molar-refractivity contribution is 0.138. The van der Waals surface area contributed by atoms with Gasteiger partial charge in [-0.2, -0.15) is 0 Å². The van der Waals surface area contributed by atoms with Crippen molar-refractivity contribution in [2.75, 3.05) is 13.7 Å². The maximum atomic E-state index is 5.12. The normalized spacial score (nSPS) is 30.5. The molecular formula is C15H29BrO. The van der Waals surface area contributed by atoms with E-state index in [9.17, 15) is 0 Å². The minimum absolute atomic E-state index is 0.484. The molecule has 3 unspecified atom stereocenters. The SMILES string of the molecule is COCCCCC1CC(C(C)(C)C)CCC1Br. The predicted octanol–water partition coefficient (Wildman–Crippen LogP) is 5.03. The first-order valence-electron chi connectivity index (χ1n) is 7.08. The molecule has 0 radical (unpaired) electrons. The van der Waals surface area contributed by atoms with Gasteiger partial charge in [0, 0.05) is 18.5 Å². The maximum absolute atomic E-state index is 5.12. The van der Waals surface area contributed by atoms with Crippen LogP contribution in [0.4, 0.5) is 0 Å². The Bertz CT molecular complexity index is 209. The minimum Gasteiger partial charge on any atom is -0.385 e. The van der Waals surface area contributed by atoms with Crippen molar-refractivity contribution < 1.29 is 4.74 Å². The molecule has 0 aromatic heterocycles. The Morgan fingerprint density at radius 2 is 1.88 bits per heavy atom. The summed E-state index contributed by atoms with van der Waals surface area (Å²) in [5, 5.41) is 0. The number of alkyl halides is 1. The Morgan fingerprint density at radius 1 is 1.18 bits per heavy atom. The average molecular weight is 305 g/mol. The van der Waals surface area contributed by atoms with Crippen LogP contribution in [0, 0.1) is 17.3 Å². The Kier molecular flexibility index (Phi) is 6.50. The van der Waals surface area contributed by atoms with Crippen molar-refractivity contribution in [1.29, 1.82) is 0 Å². The van der Waals surface area contributed by atoms with Gasteiger partial charge >= 0.3 is 0 Å². The Hall–Kier alpha value is 0.440. The summed E-state index contributed by atoms with van der Waals surface area (Å²) in [6, 6.07) is 0. The first kappa shape index (κ1) is 15.5. The number of ether oxygens (including phenoxy) is 1. The molecular weight excluding hydrogens is 276 g/mol. The van der Waals surface area contributed by atoms with Crippen LogP contribution in [-0.4, -0.2) is 18.5 Å². The number of methoxy groups -OCH3 is 1. The molecule has 0 N–H and O–H groups in total. The fourth-order valence-electron chi connectivity index (χ4n) is 2.97. The molecule has 0 aliphatic heterocycles. The summed E-state index contributed by atoms with van der Waals surface area (Å²) >= 11 is 3.89. The number of halogens is 1. The second-order valence-electron chi connectivity index (χ2n) is 6.64. The van der Waals surface area contributed by atoms with Crippen molar-refractivity contribution in [2.24, 2.45) is 17.3 Å². The molecule has 1 nitrogen and oxygen atoms in total.